The van der Waals surface area contributed by atoms with Gasteiger partial charge in [-0.15, -0.1) is 0 Å². The number of hydrogen-bond donors (Lipinski definition) is 3. The van der Waals surface area contributed by atoms with Crippen LogP contribution in [0.25, 0.3) is 11.1 Å². The van der Waals surface area contributed by atoms with Crippen LogP contribution >= 0.6 is 0 Å². The standard InChI is InChI=1S/C41H46N4O5/c1-28-37(25-44-20-18-41(19-21-44)40(48)43-27-45(41)36-12-4-3-5-13-36)49-39(50-38(28)32-16-14-30(26-46)15-17-32)35-11-7-10-34(23-35)33-9-6-8-31(22-33)24-42-29(2)47/h3-17,22-23,28,37-39,46H,18-21,24-27H2,1-2H3,(H,42,47)(H,43,48)/t28-,37+,38+,39+/m0/s1. The van der Waals surface area contributed by atoms with Crippen LogP contribution in [0.2, 0.25) is 0 Å². The summed E-state index contributed by atoms with van der Waals surface area (Å²) in [5.41, 5.74) is 6.49. The number of carbonyl (C=O) groups excluding carboxylic acids is 2. The van der Waals surface area contributed by atoms with Gasteiger partial charge in [0.25, 0.3) is 0 Å². The van der Waals surface area contributed by atoms with Gasteiger partial charge in [-0.1, -0.05) is 85.8 Å². The summed E-state index contributed by atoms with van der Waals surface area (Å²) in [5, 5.41) is 15.7. The van der Waals surface area contributed by atoms with E-state index < -0.39 is 11.8 Å². The van der Waals surface area contributed by atoms with E-state index in [9.17, 15) is 14.7 Å². The molecule has 1 spiro atoms. The number of para-hydroxylation sites is 1. The highest BCUT2D eigenvalue weighted by atomic mass is 16.7. The Morgan fingerprint density at radius 2 is 1.60 bits per heavy atom. The maximum absolute atomic E-state index is 13.3. The maximum atomic E-state index is 13.3. The van der Waals surface area contributed by atoms with Crippen LogP contribution in [0.15, 0.2) is 103 Å². The molecule has 3 saturated heterocycles. The van der Waals surface area contributed by atoms with Crippen molar-refractivity contribution in [3.8, 4) is 11.1 Å². The number of benzene rings is 4. The zero-order valence-corrected chi connectivity index (χ0v) is 28.8. The number of aliphatic hydroxyl groups is 1. The molecule has 3 aliphatic rings. The molecule has 0 unspecified atom stereocenters. The molecule has 3 fully saturated rings. The molecular weight excluding hydrogens is 628 g/mol. The van der Waals surface area contributed by atoms with Crippen molar-refractivity contribution >= 4 is 17.5 Å². The summed E-state index contributed by atoms with van der Waals surface area (Å²) in [6.07, 6.45) is 0.541. The molecule has 0 aliphatic carbocycles. The fourth-order valence-electron chi connectivity index (χ4n) is 7.67. The molecule has 3 heterocycles. The van der Waals surface area contributed by atoms with Crippen molar-refractivity contribution in [2.45, 2.75) is 63.9 Å². The van der Waals surface area contributed by atoms with Gasteiger partial charge in [-0.25, -0.2) is 0 Å². The fourth-order valence-corrected chi connectivity index (χ4v) is 7.67. The molecule has 3 N–H and O–H groups in total. The van der Waals surface area contributed by atoms with Crippen LogP contribution in [0.3, 0.4) is 0 Å². The number of piperidine rings is 1. The first-order chi connectivity index (χ1) is 24.3. The third-order valence-corrected chi connectivity index (χ3v) is 10.6. The number of amides is 2. The van der Waals surface area contributed by atoms with E-state index in [0.29, 0.717) is 13.2 Å². The number of rotatable bonds is 9. The Labute approximate surface area is 294 Å². The maximum Gasteiger partial charge on any atom is 0.247 e. The number of ether oxygens (including phenoxy) is 2. The van der Waals surface area contributed by atoms with Crippen LogP contribution in [-0.2, 0) is 32.2 Å². The highest BCUT2D eigenvalue weighted by Crippen LogP contribution is 2.43. The zero-order valence-electron chi connectivity index (χ0n) is 28.8. The van der Waals surface area contributed by atoms with E-state index in [1.54, 1.807) is 0 Å². The summed E-state index contributed by atoms with van der Waals surface area (Å²) in [4.78, 5) is 29.5. The predicted molar refractivity (Wildman–Crippen MR) is 193 cm³/mol. The lowest BCUT2D eigenvalue weighted by atomic mass is 9.84. The Hall–Kier alpha value is -4.54. The molecule has 260 valence electrons. The number of nitrogens with zero attached hydrogens (tertiary/aromatic N) is 2. The number of nitrogens with one attached hydrogen (secondary N) is 2. The first kappa shape index (κ1) is 33.9. The van der Waals surface area contributed by atoms with Crippen LogP contribution < -0.4 is 15.5 Å². The predicted octanol–water partition coefficient (Wildman–Crippen LogP) is 5.70. The van der Waals surface area contributed by atoms with Crippen LogP contribution in [0, 0.1) is 5.92 Å². The Morgan fingerprint density at radius 3 is 2.32 bits per heavy atom. The minimum absolute atomic E-state index is 0.00923. The summed E-state index contributed by atoms with van der Waals surface area (Å²) >= 11 is 0. The van der Waals surface area contributed by atoms with E-state index in [1.165, 1.54) is 6.92 Å². The molecule has 0 radical (unpaired) electrons. The molecule has 4 aromatic rings. The largest absolute Gasteiger partial charge is 0.392 e. The van der Waals surface area contributed by atoms with Crippen molar-refractivity contribution in [2.24, 2.45) is 5.92 Å². The Morgan fingerprint density at radius 1 is 0.880 bits per heavy atom. The van der Waals surface area contributed by atoms with Gasteiger partial charge < -0.3 is 35.0 Å². The number of anilines is 1. The molecule has 2 amide bonds. The van der Waals surface area contributed by atoms with Gasteiger partial charge in [0.15, 0.2) is 6.29 Å². The molecular formula is C41H46N4O5. The van der Waals surface area contributed by atoms with Gasteiger partial charge in [0.2, 0.25) is 11.8 Å². The van der Waals surface area contributed by atoms with Gasteiger partial charge in [0, 0.05) is 50.3 Å². The average molecular weight is 675 g/mol. The van der Waals surface area contributed by atoms with E-state index in [4.69, 9.17) is 9.47 Å². The smallest absolute Gasteiger partial charge is 0.247 e. The summed E-state index contributed by atoms with van der Waals surface area (Å²) in [5.74, 6) is 0.102. The summed E-state index contributed by atoms with van der Waals surface area (Å²) in [6, 6.07) is 34.7. The number of aliphatic hydroxyl groups excluding tert-OH is 1. The second-order valence-electron chi connectivity index (χ2n) is 13.8. The molecule has 3 aliphatic heterocycles. The Balaban J connectivity index is 1.12. The van der Waals surface area contributed by atoms with Crippen molar-refractivity contribution < 1.29 is 24.2 Å². The molecule has 0 aromatic heterocycles. The van der Waals surface area contributed by atoms with Crippen molar-refractivity contribution in [3.05, 3.63) is 125 Å². The van der Waals surface area contributed by atoms with Crippen molar-refractivity contribution in [2.75, 3.05) is 31.2 Å². The van der Waals surface area contributed by atoms with E-state index in [0.717, 1.165) is 71.5 Å². The van der Waals surface area contributed by atoms with E-state index in [-0.39, 0.29) is 36.5 Å². The van der Waals surface area contributed by atoms with Crippen LogP contribution in [0.1, 0.15) is 61.3 Å². The lowest BCUT2D eigenvalue weighted by Gasteiger charge is -2.46. The van der Waals surface area contributed by atoms with Gasteiger partial charge in [-0.3, -0.25) is 9.59 Å². The van der Waals surface area contributed by atoms with Crippen LogP contribution in [0.4, 0.5) is 5.69 Å². The van der Waals surface area contributed by atoms with E-state index >= 15 is 0 Å². The number of hydrogen-bond acceptors (Lipinski definition) is 7. The highest BCUT2D eigenvalue weighted by Gasteiger charge is 2.51. The molecule has 0 saturated carbocycles. The highest BCUT2D eigenvalue weighted by molar-refractivity contribution is 5.93. The summed E-state index contributed by atoms with van der Waals surface area (Å²) < 4.78 is 13.6. The summed E-state index contributed by atoms with van der Waals surface area (Å²) in [7, 11) is 0. The minimum atomic E-state index is -0.591. The molecule has 9 heteroatoms. The molecule has 4 atom stereocenters. The Bertz CT molecular complexity index is 1790. The first-order valence-corrected chi connectivity index (χ1v) is 17.6. The second kappa shape index (κ2) is 14.7. The molecule has 0 bridgehead atoms. The van der Waals surface area contributed by atoms with Crippen LogP contribution in [0.5, 0.6) is 0 Å². The van der Waals surface area contributed by atoms with Gasteiger partial charge >= 0.3 is 0 Å². The fraction of sp³-hybridized carbons (Fsp3) is 0.366. The van der Waals surface area contributed by atoms with E-state index in [2.05, 4.69) is 69.8 Å². The minimum Gasteiger partial charge on any atom is -0.392 e. The molecule has 7 rings (SSSR count). The average Bonchev–Trinajstić information content (AvgIpc) is 3.47. The van der Waals surface area contributed by atoms with Gasteiger partial charge in [-0.2, -0.15) is 0 Å². The number of carbonyl (C=O) groups is 2. The molecule has 4 aromatic carbocycles. The van der Waals surface area contributed by atoms with Crippen molar-refractivity contribution in [1.29, 1.82) is 0 Å². The van der Waals surface area contributed by atoms with Gasteiger partial charge in [0.05, 0.1) is 25.5 Å². The number of likely N-dealkylation sites (tertiary alicyclic amines) is 1. The third-order valence-electron chi connectivity index (χ3n) is 10.6. The lowest BCUT2D eigenvalue weighted by molar-refractivity contribution is -0.276. The third kappa shape index (κ3) is 7.04. The van der Waals surface area contributed by atoms with E-state index in [1.807, 2.05) is 60.7 Å². The quantitative estimate of drug-likeness (QED) is 0.209. The molecule has 50 heavy (non-hydrogen) atoms. The van der Waals surface area contributed by atoms with Crippen molar-refractivity contribution in [1.82, 2.24) is 15.5 Å². The summed E-state index contributed by atoms with van der Waals surface area (Å²) in [6.45, 7) is 7.00. The second-order valence-corrected chi connectivity index (χ2v) is 13.8. The van der Waals surface area contributed by atoms with Gasteiger partial charge in [0.1, 0.15) is 5.54 Å². The SMILES string of the molecule is CC(=O)NCc1cccc(-c2cccc([C@@H]3O[C@H](CN4CCC5(CC4)C(=O)NCN5c4ccccc4)[C@H](C)[C@H](c4ccc(CO)cc4)O3)c2)c1. The zero-order chi connectivity index (χ0) is 34.7. The normalized spacial score (nSPS) is 23.5. The van der Waals surface area contributed by atoms with Gasteiger partial charge in [-0.05, 0) is 64.9 Å². The first-order valence-electron chi connectivity index (χ1n) is 17.6. The topological polar surface area (TPSA) is 103 Å². The lowest BCUT2D eigenvalue weighted by Crippen LogP contribution is -2.57. The monoisotopic (exact) mass is 674 g/mol. The Kier molecular flexibility index (Phi) is 10.0. The van der Waals surface area contributed by atoms with Crippen LogP contribution in [-0.4, -0.2) is 59.8 Å². The molecule has 9 nitrogen and oxygen atoms in total. The van der Waals surface area contributed by atoms with Crippen molar-refractivity contribution in [3.63, 3.8) is 0 Å².